The first-order chi connectivity index (χ1) is 11.6. The molecule has 1 aliphatic heterocycles. The summed E-state index contributed by atoms with van der Waals surface area (Å²) >= 11 is 0. The van der Waals surface area contributed by atoms with E-state index in [0.29, 0.717) is 18.8 Å². The summed E-state index contributed by atoms with van der Waals surface area (Å²) in [5, 5.41) is 22.0. The molecule has 0 spiro atoms. The summed E-state index contributed by atoms with van der Waals surface area (Å²) in [6.07, 6.45) is 5.49. The van der Waals surface area contributed by atoms with Crippen LogP contribution >= 0.6 is 0 Å². The van der Waals surface area contributed by atoms with E-state index in [1.807, 2.05) is 0 Å². The Hall–Kier alpha value is -2.64. The number of nitrogens with zero attached hydrogens (tertiary/aromatic N) is 3. The topological polar surface area (TPSA) is 103 Å². The minimum absolute atomic E-state index is 0.0105. The molecule has 0 radical (unpaired) electrons. The van der Waals surface area contributed by atoms with Gasteiger partial charge in [0.15, 0.2) is 0 Å². The van der Waals surface area contributed by atoms with Gasteiger partial charge in [0.2, 0.25) is 5.96 Å². The van der Waals surface area contributed by atoms with Gasteiger partial charge in [-0.15, -0.1) is 0 Å². The second-order valence-electron chi connectivity index (χ2n) is 6.18. The molecular formula is C16H21N5O3. The Morgan fingerprint density at radius 2 is 1.83 bits per heavy atom. The number of hydrogen-bond donors (Lipinski definition) is 2. The van der Waals surface area contributed by atoms with Gasteiger partial charge in [-0.25, -0.2) is 4.79 Å². The molecule has 1 saturated carbocycles. The molecule has 0 atom stereocenters. The first-order valence-electron chi connectivity index (χ1n) is 8.25. The Kier molecular flexibility index (Phi) is 4.64. The molecule has 1 heterocycles. The van der Waals surface area contributed by atoms with Crippen LogP contribution in [-0.4, -0.2) is 40.9 Å². The van der Waals surface area contributed by atoms with Crippen LogP contribution in [0.3, 0.4) is 0 Å². The minimum atomic E-state index is -0.455. The number of amides is 2. The smallest absolute Gasteiger partial charge is 0.324 e. The molecule has 1 saturated heterocycles. The van der Waals surface area contributed by atoms with E-state index in [9.17, 15) is 14.9 Å². The summed E-state index contributed by atoms with van der Waals surface area (Å²) in [7, 11) is 0. The maximum Gasteiger partial charge on any atom is 0.324 e. The Balaban J connectivity index is 1.63. The average Bonchev–Trinajstić information content (AvgIpc) is 2.97. The quantitative estimate of drug-likeness (QED) is 0.656. The number of urea groups is 1. The summed E-state index contributed by atoms with van der Waals surface area (Å²) in [6, 6.07) is 6.01. The van der Waals surface area contributed by atoms with Crippen molar-refractivity contribution in [1.82, 2.24) is 10.2 Å². The number of hydrogen-bond acceptors (Lipinski definition) is 4. The van der Waals surface area contributed by atoms with Crippen LogP contribution in [0.4, 0.5) is 16.2 Å². The number of carbonyl (C=O) groups is 1. The number of nitrogens with one attached hydrogen (secondary N) is 2. The molecule has 1 aromatic rings. The third-order valence-corrected chi connectivity index (χ3v) is 4.61. The van der Waals surface area contributed by atoms with Crippen molar-refractivity contribution in [3.05, 3.63) is 34.4 Å². The van der Waals surface area contributed by atoms with Gasteiger partial charge in [-0.1, -0.05) is 19.3 Å². The van der Waals surface area contributed by atoms with E-state index in [4.69, 9.17) is 5.41 Å². The molecule has 24 heavy (non-hydrogen) atoms. The van der Waals surface area contributed by atoms with E-state index < -0.39 is 4.92 Å². The molecule has 8 heteroatoms. The number of carbonyl (C=O) groups excluding carboxylic acids is 1. The van der Waals surface area contributed by atoms with Crippen LogP contribution in [0.25, 0.3) is 0 Å². The van der Waals surface area contributed by atoms with Crippen LogP contribution < -0.4 is 10.2 Å². The van der Waals surface area contributed by atoms with Crippen molar-refractivity contribution in [3.8, 4) is 0 Å². The fraction of sp³-hybridized carbons (Fsp3) is 0.500. The number of nitro groups is 1. The predicted molar refractivity (Wildman–Crippen MR) is 90.3 cm³/mol. The highest BCUT2D eigenvalue weighted by atomic mass is 16.6. The van der Waals surface area contributed by atoms with E-state index in [1.165, 1.54) is 23.5 Å². The van der Waals surface area contributed by atoms with Crippen molar-refractivity contribution in [2.75, 3.05) is 18.0 Å². The van der Waals surface area contributed by atoms with Gasteiger partial charge in [0.05, 0.1) is 4.92 Å². The molecule has 2 fully saturated rings. The fourth-order valence-electron chi connectivity index (χ4n) is 3.26. The summed E-state index contributed by atoms with van der Waals surface area (Å²) in [5.41, 5.74) is 0.690. The van der Waals surface area contributed by atoms with E-state index >= 15 is 0 Å². The lowest BCUT2D eigenvalue weighted by atomic mass is 9.96. The third-order valence-electron chi connectivity index (χ3n) is 4.61. The van der Waals surface area contributed by atoms with E-state index in [-0.39, 0.29) is 23.7 Å². The molecule has 0 aromatic heterocycles. The van der Waals surface area contributed by atoms with Crippen LogP contribution in [0.15, 0.2) is 24.3 Å². The highest BCUT2D eigenvalue weighted by Gasteiger charge is 2.32. The van der Waals surface area contributed by atoms with Gasteiger partial charge >= 0.3 is 6.03 Å². The van der Waals surface area contributed by atoms with E-state index in [2.05, 4.69) is 5.32 Å². The zero-order valence-electron chi connectivity index (χ0n) is 13.4. The van der Waals surface area contributed by atoms with Crippen molar-refractivity contribution in [1.29, 1.82) is 5.41 Å². The second kappa shape index (κ2) is 6.86. The number of nitro benzene ring substituents is 1. The zero-order chi connectivity index (χ0) is 17.1. The predicted octanol–water partition coefficient (Wildman–Crippen LogP) is 2.69. The largest absolute Gasteiger partial charge is 0.335 e. The van der Waals surface area contributed by atoms with Gasteiger partial charge < -0.3 is 10.2 Å². The average molecular weight is 331 g/mol. The molecule has 1 aliphatic carbocycles. The van der Waals surface area contributed by atoms with Gasteiger partial charge in [-0.2, -0.15) is 0 Å². The Morgan fingerprint density at radius 1 is 1.17 bits per heavy atom. The number of benzene rings is 1. The molecule has 3 rings (SSSR count). The van der Waals surface area contributed by atoms with Gasteiger partial charge in [0.1, 0.15) is 0 Å². The van der Waals surface area contributed by atoms with Gasteiger partial charge in [-0.3, -0.25) is 20.4 Å². The molecule has 0 bridgehead atoms. The van der Waals surface area contributed by atoms with E-state index in [1.54, 1.807) is 17.0 Å². The standard InChI is InChI=1S/C16H21N5O3/c17-15-19(13-6-8-14(9-7-13)21(23)24)10-11-20(15)16(22)18-12-4-2-1-3-5-12/h6-9,12,17H,1-5,10-11H2,(H,18,22). The zero-order valence-corrected chi connectivity index (χ0v) is 13.4. The summed E-state index contributed by atoms with van der Waals surface area (Å²) in [4.78, 5) is 25.8. The number of non-ortho nitro benzene ring substituents is 1. The molecule has 128 valence electrons. The first-order valence-corrected chi connectivity index (χ1v) is 8.25. The number of anilines is 1. The van der Waals surface area contributed by atoms with Crippen LogP contribution in [0.5, 0.6) is 0 Å². The third kappa shape index (κ3) is 3.32. The lowest BCUT2D eigenvalue weighted by Crippen LogP contribution is -2.47. The Bertz CT molecular complexity index is 640. The molecular weight excluding hydrogens is 310 g/mol. The van der Waals surface area contributed by atoms with Crippen LogP contribution in [0, 0.1) is 15.5 Å². The van der Waals surface area contributed by atoms with Crippen molar-refractivity contribution in [3.63, 3.8) is 0 Å². The van der Waals surface area contributed by atoms with E-state index in [0.717, 1.165) is 25.7 Å². The van der Waals surface area contributed by atoms with Crippen molar-refractivity contribution >= 4 is 23.4 Å². The molecule has 8 nitrogen and oxygen atoms in total. The number of rotatable bonds is 3. The van der Waals surface area contributed by atoms with Crippen LogP contribution in [-0.2, 0) is 0 Å². The summed E-state index contributed by atoms with van der Waals surface area (Å²) < 4.78 is 0. The SMILES string of the molecule is N=C1N(C(=O)NC2CCCCC2)CCN1c1ccc([N+](=O)[O-])cc1. The monoisotopic (exact) mass is 331 g/mol. The van der Waals surface area contributed by atoms with Crippen LogP contribution in [0.1, 0.15) is 32.1 Å². The van der Waals surface area contributed by atoms with Gasteiger partial charge in [0.25, 0.3) is 5.69 Å². The molecule has 1 aromatic carbocycles. The second-order valence-corrected chi connectivity index (χ2v) is 6.18. The maximum absolute atomic E-state index is 12.4. The molecule has 2 N–H and O–H groups in total. The highest BCUT2D eigenvalue weighted by molar-refractivity contribution is 6.05. The van der Waals surface area contributed by atoms with Crippen LogP contribution in [0.2, 0.25) is 0 Å². The first kappa shape index (κ1) is 16.2. The molecule has 0 unspecified atom stereocenters. The lowest BCUT2D eigenvalue weighted by molar-refractivity contribution is -0.384. The Morgan fingerprint density at radius 3 is 2.46 bits per heavy atom. The lowest BCUT2D eigenvalue weighted by Gasteiger charge is -2.26. The fourth-order valence-corrected chi connectivity index (χ4v) is 3.26. The van der Waals surface area contributed by atoms with Gasteiger partial charge in [-0.05, 0) is 25.0 Å². The minimum Gasteiger partial charge on any atom is -0.335 e. The van der Waals surface area contributed by atoms with Crippen molar-refractivity contribution in [2.45, 2.75) is 38.1 Å². The van der Waals surface area contributed by atoms with Gasteiger partial charge in [0, 0.05) is 37.0 Å². The Labute approximate surface area is 140 Å². The van der Waals surface area contributed by atoms with Crippen molar-refractivity contribution in [2.24, 2.45) is 0 Å². The normalized spacial score (nSPS) is 18.8. The van der Waals surface area contributed by atoms with Crippen molar-refractivity contribution < 1.29 is 9.72 Å². The summed E-state index contributed by atoms with van der Waals surface area (Å²) in [6.45, 7) is 0.948. The number of guanidine groups is 1. The molecule has 2 aliphatic rings. The molecule has 2 amide bonds. The summed E-state index contributed by atoms with van der Waals surface area (Å²) in [5.74, 6) is 0.108. The maximum atomic E-state index is 12.4. The highest BCUT2D eigenvalue weighted by Crippen LogP contribution is 2.23.